The molecule has 1 aromatic rings. The largest absolute Gasteiger partial charge is 0.353 e. The summed E-state index contributed by atoms with van der Waals surface area (Å²) in [6.45, 7) is 4.38. The van der Waals surface area contributed by atoms with Gasteiger partial charge in [-0.25, -0.2) is 8.42 Å². The Morgan fingerprint density at radius 3 is 2.66 bits per heavy atom. The fourth-order valence-corrected chi connectivity index (χ4v) is 6.47. The first kappa shape index (κ1) is 22.3. The number of amides is 2. The van der Waals surface area contributed by atoms with E-state index in [9.17, 15) is 18.0 Å². The summed E-state index contributed by atoms with van der Waals surface area (Å²) in [6.07, 6.45) is 5.19. The second-order valence-corrected chi connectivity index (χ2v) is 11.1. The van der Waals surface area contributed by atoms with Crippen molar-refractivity contribution in [1.29, 1.82) is 0 Å². The van der Waals surface area contributed by atoms with Gasteiger partial charge in [-0.05, 0) is 42.9 Å². The molecule has 1 aliphatic heterocycles. The Labute approximate surface area is 181 Å². The Morgan fingerprint density at radius 2 is 1.97 bits per heavy atom. The number of nitrogens with zero attached hydrogens (tertiary/aromatic N) is 1. The van der Waals surface area contributed by atoms with E-state index in [0.717, 1.165) is 24.8 Å². The van der Waals surface area contributed by atoms with Gasteiger partial charge in [-0.1, -0.05) is 42.6 Å². The van der Waals surface area contributed by atoms with Gasteiger partial charge in [-0.15, -0.1) is 0 Å². The fourth-order valence-electron chi connectivity index (χ4n) is 4.29. The van der Waals surface area contributed by atoms with Crippen LogP contribution in [0, 0.1) is 5.92 Å². The van der Waals surface area contributed by atoms with Crippen molar-refractivity contribution in [3.05, 3.63) is 22.2 Å². The molecule has 0 unspecified atom stereocenters. The molecule has 1 aliphatic carbocycles. The van der Waals surface area contributed by atoms with Gasteiger partial charge in [0.1, 0.15) is 0 Å². The highest BCUT2D eigenvalue weighted by Gasteiger charge is 2.32. The average molecular weight is 485 g/mol. The zero-order valence-electron chi connectivity index (χ0n) is 17.0. The highest BCUT2D eigenvalue weighted by atomic mass is 79.9. The second-order valence-electron chi connectivity index (χ2n) is 8.07. The minimum Gasteiger partial charge on any atom is -0.353 e. The van der Waals surface area contributed by atoms with Crippen molar-refractivity contribution in [3.8, 4) is 0 Å². The summed E-state index contributed by atoms with van der Waals surface area (Å²) in [4.78, 5) is 26.4. The Kier molecular flexibility index (Phi) is 7.04. The van der Waals surface area contributed by atoms with Crippen LogP contribution in [0.1, 0.15) is 57.9 Å². The zero-order valence-corrected chi connectivity index (χ0v) is 19.4. The molecule has 0 radical (unpaired) electrons. The lowest BCUT2D eigenvalue weighted by molar-refractivity contribution is -0.122. The van der Waals surface area contributed by atoms with Crippen molar-refractivity contribution in [2.45, 2.75) is 69.7 Å². The van der Waals surface area contributed by atoms with Gasteiger partial charge in [0.05, 0.1) is 16.3 Å². The van der Waals surface area contributed by atoms with Crippen molar-refractivity contribution in [3.63, 3.8) is 0 Å². The smallest absolute Gasteiger partial charge is 0.226 e. The number of carbonyl (C=O) groups is 2. The van der Waals surface area contributed by atoms with E-state index in [1.165, 1.54) is 6.42 Å². The van der Waals surface area contributed by atoms with Crippen molar-refractivity contribution in [2.75, 3.05) is 17.2 Å². The minimum absolute atomic E-state index is 0.0748. The number of hydrogen-bond acceptors (Lipinski definition) is 4. The normalized spacial score (nSPS) is 21.7. The van der Waals surface area contributed by atoms with Crippen molar-refractivity contribution in [1.82, 2.24) is 5.32 Å². The quantitative estimate of drug-likeness (QED) is 0.668. The van der Waals surface area contributed by atoms with Crippen LogP contribution in [0.25, 0.3) is 0 Å². The lowest BCUT2D eigenvalue weighted by Crippen LogP contribution is -2.41. The van der Waals surface area contributed by atoms with Crippen LogP contribution in [-0.4, -0.2) is 38.6 Å². The first-order valence-electron chi connectivity index (χ1n) is 10.4. The maximum absolute atomic E-state index is 13.1. The predicted molar refractivity (Wildman–Crippen MR) is 117 cm³/mol. The summed E-state index contributed by atoms with van der Waals surface area (Å²) in [5.41, 5.74) is 1.33. The number of anilines is 1. The van der Waals surface area contributed by atoms with E-state index >= 15 is 0 Å². The number of nitrogens with one attached hydrogen (secondary N) is 1. The second kappa shape index (κ2) is 9.16. The molecule has 160 valence electrons. The van der Waals surface area contributed by atoms with Crippen molar-refractivity contribution < 1.29 is 18.0 Å². The summed E-state index contributed by atoms with van der Waals surface area (Å²) in [7, 11) is -3.72. The van der Waals surface area contributed by atoms with Crippen LogP contribution in [0.4, 0.5) is 5.69 Å². The summed E-state index contributed by atoms with van der Waals surface area (Å²) in [5.74, 6) is -0.157. The SMILES string of the molecule is CCC(=O)N1CCc2cc(Br)cc(S(=O)(=O)CCC(=O)N[C@H]3CCCC[C@H]3C)c21. The lowest BCUT2D eigenvalue weighted by atomic mass is 9.86. The van der Waals surface area contributed by atoms with E-state index in [1.807, 2.05) is 6.07 Å². The molecule has 6 nitrogen and oxygen atoms in total. The maximum Gasteiger partial charge on any atom is 0.226 e. The van der Waals surface area contributed by atoms with Gasteiger partial charge in [-0.3, -0.25) is 9.59 Å². The fraction of sp³-hybridized carbons (Fsp3) is 0.619. The number of fused-ring (bicyclic) bond motifs is 1. The molecule has 2 atom stereocenters. The molecule has 3 rings (SSSR count). The molecule has 1 N–H and O–H groups in total. The van der Waals surface area contributed by atoms with Gasteiger partial charge >= 0.3 is 0 Å². The van der Waals surface area contributed by atoms with Gasteiger partial charge in [0.25, 0.3) is 0 Å². The van der Waals surface area contributed by atoms with E-state index in [4.69, 9.17) is 0 Å². The highest BCUT2D eigenvalue weighted by Crippen LogP contribution is 2.38. The highest BCUT2D eigenvalue weighted by molar-refractivity contribution is 9.10. The van der Waals surface area contributed by atoms with E-state index < -0.39 is 9.84 Å². The summed E-state index contributed by atoms with van der Waals surface area (Å²) in [5, 5.41) is 3.02. The number of rotatable bonds is 6. The van der Waals surface area contributed by atoms with Crippen LogP contribution in [0.2, 0.25) is 0 Å². The third-order valence-electron chi connectivity index (χ3n) is 5.99. The number of benzene rings is 1. The Bertz CT molecular complexity index is 900. The third kappa shape index (κ3) is 5.02. The van der Waals surface area contributed by atoms with E-state index in [1.54, 1.807) is 17.9 Å². The average Bonchev–Trinajstić information content (AvgIpc) is 3.10. The number of carbonyl (C=O) groups excluding carboxylic acids is 2. The third-order valence-corrected chi connectivity index (χ3v) is 8.17. The molecular formula is C21H29BrN2O4S. The number of sulfone groups is 1. The standard InChI is InChI=1S/C21H29BrN2O4S/c1-3-20(26)24-10-8-15-12-16(22)13-18(21(15)24)29(27,28)11-9-19(25)23-17-7-5-4-6-14(17)2/h12-14,17H,3-11H2,1-2H3,(H,23,25)/t14-,17+/m1/s1. The van der Waals surface area contributed by atoms with Crippen molar-refractivity contribution in [2.24, 2.45) is 5.92 Å². The number of halogens is 1. The molecule has 1 aromatic carbocycles. The predicted octanol–water partition coefficient (Wildman–Crippen LogP) is 3.61. The zero-order chi connectivity index (χ0) is 21.2. The topological polar surface area (TPSA) is 83.6 Å². The Hall–Kier alpha value is -1.41. The maximum atomic E-state index is 13.1. The van der Waals surface area contributed by atoms with Crippen LogP contribution in [-0.2, 0) is 25.8 Å². The molecule has 0 bridgehead atoms. The van der Waals surface area contributed by atoms with E-state index in [0.29, 0.717) is 35.5 Å². The minimum atomic E-state index is -3.72. The molecule has 0 spiro atoms. The molecule has 8 heteroatoms. The summed E-state index contributed by atoms with van der Waals surface area (Å²) in [6, 6.07) is 3.55. The molecule has 0 saturated heterocycles. The Balaban J connectivity index is 1.76. The molecule has 2 aliphatic rings. The van der Waals surface area contributed by atoms with Gasteiger partial charge < -0.3 is 10.2 Å². The lowest BCUT2D eigenvalue weighted by Gasteiger charge is -2.29. The van der Waals surface area contributed by atoms with Gasteiger partial charge in [-0.2, -0.15) is 0 Å². The van der Waals surface area contributed by atoms with Crippen LogP contribution < -0.4 is 10.2 Å². The Morgan fingerprint density at radius 1 is 1.24 bits per heavy atom. The first-order valence-corrected chi connectivity index (χ1v) is 12.8. The van der Waals surface area contributed by atoms with Crippen LogP contribution >= 0.6 is 15.9 Å². The molecule has 2 amide bonds. The number of hydrogen-bond donors (Lipinski definition) is 1. The molecule has 1 saturated carbocycles. The van der Waals surface area contributed by atoms with Crippen LogP contribution in [0.15, 0.2) is 21.5 Å². The first-order chi connectivity index (χ1) is 13.7. The van der Waals surface area contributed by atoms with Crippen LogP contribution in [0.3, 0.4) is 0 Å². The van der Waals surface area contributed by atoms with Gasteiger partial charge in [0.15, 0.2) is 9.84 Å². The molecular weight excluding hydrogens is 456 g/mol. The van der Waals surface area contributed by atoms with Crippen molar-refractivity contribution >= 4 is 43.3 Å². The summed E-state index contributed by atoms with van der Waals surface area (Å²) >= 11 is 3.39. The van der Waals surface area contributed by atoms with Gasteiger partial charge in [0.2, 0.25) is 11.8 Å². The van der Waals surface area contributed by atoms with Gasteiger partial charge in [0, 0.05) is 29.9 Å². The molecule has 1 fully saturated rings. The van der Waals surface area contributed by atoms with E-state index in [-0.39, 0.29) is 34.9 Å². The molecule has 1 heterocycles. The van der Waals surface area contributed by atoms with E-state index in [2.05, 4.69) is 28.2 Å². The van der Waals surface area contributed by atoms with Crippen LogP contribution in [0.5, 0.6) is 0 Å². The molecule has 29 heavy (non-hydrogen) atoms. The monoisotopic (exact) mass is 484 g/mol. The summed E-state index contributed by atoms with van der Waals surface area (Å²) < 4.78 is 26.9. The molecule has 0 aromatic heterocycles.